The van der Waals surface area contributed by atoms with Gasteiger partial charge in [-0.1, -0.05) is 66.2 Å². The molecule has 0 saturated heterocycles. The molecule has 0 aliphatic heterocycles. The maximum atomic E-state index is 12.4. The van der Waals surface area contributed by atoms with Gasteiger partial charge in [0.05, 0.1) is 29.3 Å². The normalized spacial score (nSPS) is 16.4. The van der Waals surface area contributed by atoms with Crippen molar-refractivity contribution in [1.82, 2.24) is 0 Å². The van der Waals surface area contributed by atoms with Crippen LogP contribution in [-0.2, 0) is 36.2 Å². The first-order valence-electron chi connectivity index (χ1n) is 8.56. The first-order chi connectivity index (χ1) is 14.2. The van der Waals surface area contributed by atoms with E-state index in [2.05, 4.69) is 17.2 Å². The largest absolute Gasteiger partial charge is 0.233 e. The zero-order chi connectivity index (χ0) is 20.7. The van der Waals surface area contributed by atoms with Gasteiger partial charge in [-0.05, 0) is 23.5 Å². The molecule has 0 aromatic heterocycles. The summed E-state index contributed by atoms with van der Waals surface area (Å²) in [4.78, 5) is 46.8. The molecule has 1 aliphatic rings. The Morgan fingerprint density at radius 1 is 0.767 bits per heavy atom. The fourth-order valence-electron chi connectivity index (χ4n) is 3.05. The third-order valence-electron chi connectivity index (χ3n) is 4.48. The van der Waals surface area contributed by atoms with E-state index in [0.29, 0.717) is 10.9 Å². The van der Waals surface area contributed by atoms with Crippen molar-refractivity contribution in [2.24, 2.45) is 0 Å². The molecule has 4 nitrogen and oxygen atoms in total. The van der Waals surface area contributed by atoms with Crippen LogP contribution in [0.25, 0.3) is 0 Å². The number of benzene rings is 2. The predicted molar refractivity (Wildman–Crippen MR) is 113 cm³/mol. The summed E-state index contributed by atoms with van der Waals surface area (Å²) < 4.78 is 0. The summed E-state index contributed by atoms with van der Waals surface area (Å²) in [5, 5.41) is 0.601. The van der Waals surface area contributed by atoms with E-state index in [1.807, 2.05) is 18.2 Å². The van der Waals surface area contributed by atoms with Crippen LogP contribution in [0.15, 0.2) is 89.5 Å². The molecular weight excluding hydrogens is 439 g/mol. The maximum Gasteiger partial charge on any atom is 0.134 e. The van der Waals surface area contributed by atoms with Gasteiger partial charge < -0.3 is 0 Å². The zero-order valence-corrected chi connectivity index (χ0v) is 17.4. The third kappa shape index (κ3) is 4.28. The maximum absolute atomic E-state index is 12.4. The van der Waals surface area contributed by atoms with Gasteiger partial charge in [-0.2, -0.15) is 0 Å². The topological polar surface area (TPSA) is 68.3 Å². The summed E-state index contributed by atoms with van der Waals surface area (Å²) in [5.74, 6) is 7.96. The molecule has 0 N–H and O–H groups in total. The number of carbonyl (C=O) groups excluding carboxylic acids is 4. The minimum absolute atomic E-state index is 0. The molecule has 0 heterocycles. The SMILES string of the molecule is O=C=C1C=CC(P(=C=O)(C#Cc2ccccc2)c2ccccc2)C(=C=O)C1=C=O.[Fe]. The van der Waals surface area contributed by atoms with Crippen molar-refractivity contribution < 1.29 is 36.2 Å². The summed E-state index contributed by atoms with van der Waals surface area (Å²) in [7, 11) is 0. The quantitative estimate of drug-likeness (QED) is 0.304. The number of hydrogen-bond acceptors (Lipinski definition) is 4. The van der Waals surface area contributed by atoms with Crippen LogP contribution in [0.5, 0.6) is 0 Å². The molecule has 1 aliphatic carbocycles. The van der Waals surface area contributed by atoms with Crippen LogP contribution in [0.1, 0.15) is 5.56 Å². The Morgan fingerprint density at radius 2 is 1.40 bits per heavy atom. The van der Waals surface area contributed by atoms with Gasteiger partial charge in [-0.25, -0.2) is 19.2 Å². The summed E-state index contributed by atoms with van der Waals surface area (Å²) >= 11 is 0. The van der Waals surface area contributed by atoms with E-state index >= 15 is 0 Å². The summed E-state index contributed by atoms with van der Waals surface area (Å²) in [5.41, 5.74) is 4.49. The fraction of sp³-hybridized carbons (Fsp3) is 0.0417. The third-order valence-corrected chi connectivity index (χ3v) is 7.61. The molecule has 2 aromatic carbocycles. The van der Waals surface area contributed by atoms with E-state index in [0.717, 1.165) is 0 Å². The number of hydrogen-bond donors (Lipinski definition) is 0. The smallest absolute Gasteiger partial charge is 0.134 e. The molecule has 146 valence electrons. The van der Waals surface area contributed by atoms with Gasteiger partial charge in [-0.15, -0.1) is 0 Å². The zero-order valence-electron chi connectivity index (χ0n) is 15.4. The monoisotopic (exact) mass is 452 g/mol. The van der Waals surface area contributed by atoms with Crippen molar-refractivity contribution in [3.63, 3.8) is 0 Å². The average Bonchev–Trinajstić information content (AvgIpc) is 2.80. The summed E-state index contributed by atoms with van der Waals surface area (Å²) in [6, 6.07) is 17.9. The van der Waals surface area contributed by atoms with E-state index in [1.54, 1.807) is 60.3 Å². The van der Waals surface area contributed by atoms with E-state index in [4.69, 9.17) is 0 Å². The Labute approximate surface area is 184 Å². The Balaban J connectivity index is 0.00000320. The number of allylic oxidation sites excluding steroid dienone is 5. The van der Waals surface area contributed by atoms with E-state index in [9.17, 15) is 19.2 Å². The average molecular weight is 452 g/mol. The Kier molecular flexibility index (Phi) is 7.95. The molecule has 2 aromatic rings. The second kappa shape index (κ2) is 10.4. The Morgan fingerprint density at radius 3 is 1.93 bits per heavy atom. The molecule has 6 heteroatoms. The van der Waals surface area contributed by atoms with Crippen LogP contribution >= 0.6 is 6.89 Å². The molecule has 2 atom stereocenters. The van der Waals surface area contributed by atoms with Gasteiger partial charge in [0, 0.05) is 22.6 Å². The molecule has 3 rings (SSSR count). The van der Waals surface area contributed by atoms with Crippen molar-refractivity contribution in [2.45, 2.75) is 5.66 Å². The van der Waals surface area contributed by atoms with Gasteiger partial charge >= 0.3 is 0 Å². The van der Waals surface area contributed by atoms with Crippen molar-refractivity contribution in [3.05, 3.63) is 95.1 Å². The fourth-order valence-corrected chi connectivity index (χ4v) is 5.77. The van der Waals surface area contributed by atoms with Crippen molar-refractivity contribution >= 4 is 35.7 Å². The minimum Gasteiger partial charge on any atom is -0.233 e. The molecule has 30 heavy (non-hydrogen) atoms. The summed E-state index contributed by atoms with van der Waals surface area (Å²) in [6.45, 7) is -3.13. The van der Waals surface area contributed by atoms with Gasteiger partial charge in [0.1, 0.15) is 23.5 Å². The molecule has 0 spiro atoms. The van der Waals surface area contributed by atoms with Crippen molar-refractivity contribution in [2.75, 3.05) is 0 Å². The van der Waals surface area contributed by atoms with Gasteiger partial charge in [0.15, 0.2) is 0 Å². The van der Waals surface area contributed by atoms with Gasteiger partial charge in [0.2, 0.25) is 0 Å². The second-order valence-electron chi connectivity index (χ2n) is 6.06. The standard InChI is InChI=1S/C24H13O4P.Fe/c25-15-20-11-12-24(23(17-27)22(20)16-26)29(18-28,21-9-5-2-6-10-21)14-13-19-7-3-1-4-8-19;/h1-12,24H;. The van der Waals surface area contributed by atoms with E-state index < -0.39 is 12.5 Å². The molecular formula is C24H13FeO4P. The molecule has 2 unspecified atom stereocenters. The van der Waals surface area contributed by atoms with Crippen LogP contribution in [0.2, 0.25) is 0 Å². The van der Waals surface area contributed by atoms with Gasteiger partial charge in [0.25, 0.3) is 0 Å². The van der Waals surface area contributed by atoms with Crippen molar-refractivity contribution in [3.8, 4) is 11.6 Å². The minimum atomic E-state index is -3.13. The number of rotatable bonds is 2. The molecule has 0 fully saturated rings. The van der Waals surface area contributed by atoms with E-state index in [1.165, 1.54) is 12.2 Å². The van der Waals surface area contributed by atoms with Crippen molar-refractivity contribution in [1.29, 1.82) is 0 Å². The molecule has 0 saturated carbocycles. The van der Waals surface area contributed by atoms with Crippen LogP contribution in [0, 0.1) is 11.6 Å². The van der Waals surface area contributed by atoms with E-state index in [-0.39, 0.29) is 33.8 Å². The molecule has 0 radical (unpaired) electrons. The van der Waals surface area contributed by atoms with Crippen LogP contribution in [0.3, 0.4) is 0 Å². The first kappa shape index (κ1) is 22.9. The Hall–Kier alpha value is -3.38. The second-order valence-corrected chi connectivity index (χ2v) is 8.99. The Bertz CT molecular complexity index is 1270. The molecule has 0 bridgehead atoms. The van der Waals surface area contributed by atoms with Crippen LogP contribution < -0.4 is 5.30 Å². The molecule has 0 amide bonds. The predicted octanol–water partition coefficient (Wildman–Crippen LogP) is 2.62. The van der Waals surface area contributed by atoms with Crippen LogP contribution in [0.4, 0.5) is 0 Å². The first-order valence-corrected chi connectivity index (χ1v) is 10.4. The summed E-state index contributed by atoms with van der Waals surface area (Å²) in [6.07, 6.45) is 2.88. The van der Waals surface area contributed by atoms with Crippen LogP contribution in [-0.4, -0.2) is 29.1 Å². The van der Waals surface area contributed by atoms with Gasteiger partial charge in [-0.3, -0.25) is 0 Å².